The first-order valence-corrected chi connectivity index (χ1v) is 8.41. The second kappa shape index (κ2) is 8.98. The fourth-order valence-electron chi connectivity index (χ4n) is 2.08. The van der Waals surface area contributed by atoms with Crippen LogP contribution in [0.1, 0.15) is 28.9 Å². The third-order valence-electron chi connectivity index (χ3n) is 3.23. The molecule has 6 nitrogen and oxygen atoms in total. The number of carbonyl (C=O) groups is 3. The molecule has 2 rings (SSSR count). The predicted octanol–water partition coefficient (Wildman–Crippen LogP) is 3.19. The molecule has 2 aromatic rings. The SMILES string of the molecule is CCNC(=O)NC(=O)[C@@H](OC(=O)c1ccccc1Br)c1ccccc1. The summed E-state index contributed by atoms with van der Waals surface area (Å²) in [5.74, 6) is -1.40. The summed E-state index contributed by atoms with van der Waals surface area (Å²) in [6.45, 7) is 2.09. The van der Waals surface area contributed by atoms with Crippen molar-refractivity contribution < 1.29 is 19.1 Å². The van der Waals surface area contributed by atoms with Crippen LogP contribution < -0.4 is 10.6 Å². The molecule has 0 aliphatic rings. The van der Waals surface area contributed by atoms with Gasteiger partial charge in [-0.15, -0.1) is 0 Å². The Morgan fingerprint density at radius 1 is 1.04 bits per heavy atom. The third-order valence-corrected chi connectivity index (χ3v) is 3.92. The zero-order chi connectivity index (χ0) is 18.2. The molecule has 0 saturated heterocycles. The third kappa shape index (κ3) is 5.15. The molecule has 0 bridgehead atoms. The Labute approximate surface area is 153 Å². The number of ether oxygens (including phenoxy) is 1. The summed E-state index contributed by atoms with van der Waals surface area (Å²) in [7, 11) is 0. The van der Waals surface area contributed by atoms with E-state index in [2.05, 4.69) is 26.6 Å². The van der Waals surface area contributed by atoms with Gasteiger partial charge in [0.1, 0.15) is 0 Å². The van der Waals surface area contributed by atoms with Crippen molar-refractivity contribution in [3.05, 3.63) is 70.2 Å². The Hall–Kier alpha value is -2.67. The first kappa shape index (κ1) is 18.7. The van der Waals surface area contributed by atoms with Crippen molar-refractivity contribution in [2.24, 2.45) is 0 Å². The van der Waals surface area contributed by atoms with E-state index in [1.807, 2.05) is 0 Å². The number of halogens is 1. The lowest BCUT2D eigenvalue weighted by Crippen LogP contribution is -2.42. The van der Waals surface area contributed by atoms with Gasteiger partial charge in [0, 0.05) is 16.6 Å². The average Bonchev–Trinajstić information content (AvgIpc) is 2.60. The Morgan fingerprint density at radius 2 is 1.68 bits per heavy atom. The molecule has 7 heteroatoms. The Bertz CT molecular complexity index is 765. The molecular weight excluding hydrogens is 388 g/mol. The number of imide groups is 1. The molecule has 0 fully saturated rings. The highest BCUT2D eigenvalue weighted by Gasteiger charge is 2.27. The number of urea groups is 1. The largest absolute Gasteiger partial charge is 0.444 e. The minimum Gasteiger partial charge on any atom is -0.444 e. The van der Waals surface area contributed by atoms with Crippen LogP contribution in [0.2, 0.25) is 0 Å². The lowest BCUT2D eigenvalue weighted by molar-refractivity contribution is -0.129. The summed E-state index contributed by atoms with van der Waals surface area (Å²) in [6, 6.07) is 14.6. The van der Waals surface area contributed by atoms with Crippen LogP contribution in [0.3, 0.4) is 0 Å². The van der Waals surface area contributed by atoms with Crippen LogP contribution in [0.15, 0.2) is 59.1 Å². The highest BCUT2D eigenvalue weighted by atomic mass is 79.9. The van der Waals surface area contributed by atoms with E-state index in [1.165, 1.54) is 0 Å². The molecule has 0 aliphatic heterocycles. The van der Waals surface area contributed by atoms with E-state index < -0.39 is 24.0 Å². The molecule has 1 atom stereocenters. The maximum Gasteiger partial charge on any atom is 0.340 e. The van der Waals surface area contributed by atoms with E-state index in [0.717, 1.165) is 0 Å². The summed E-state index contributed by atoms with van der Waals surface area (Å²) in [4.78, 5) is 36.5. The highest BCUT2D eigenvalue weighted by molar-refractivity contribution is 9.10. The second-order valence-electron chi connectivity index (χ2n) is 5.02. The van der Waals surface area contributed by atoms with Gasteiger partial charge in [0.15, 0.2) is 0 Å². The molecule has 0 spiro atoms. The van der Waals surface area contributed by atoms with Crippen molar-refractivity contribution in [3.8, 4) is 0 Å². The number of esters is 1. The quantitative estimate of drug-likeness (QED) is 0.749. The van der Waals surface area contributed by atoms with Crippen molar-refractivity contribution in [2.75, 3.05) is 6.54 Å². The van der Waals surface area contributed by atoms with E-state index in [9.17, 15) is 14.4 Å². The maximum atomic E-state index is 12.4. The van der Waals surface area contributed by atoms with Crippen LogP contribution in [0.25, 0.3) is 0 Å². The minimum atomic E-state index is -1.25. The molecule has 0 heterocycles. The monoisotopic (exact) mass is 404 g/mol. The van der Waals surface area contributed by atoms with Gasteiger partial charge in [-0.05, 0) is 35.0 Å². The number of nitrogens with one attached hydrogen (secondary N) is 2. The van der Waals surface area contributed by atoms with Crippen LogP contribution >= 0.6 is 15.9 Å². The molecule has 2 N–H and O–H groups in total. The van der Waals surface area contributed by atoms with E-state index in [0.29, 0.717) is 16.6 Å². The van der Waals surface area contributed by atoms with Crippen molar-refractivity contribution in [3.63, 3.8) is 0 Å². The minimum absolute atomic E-state index is 0.286. The topological polar surface area (TPSA) is 84.5 Å². The summed E-state index contributed by atoms with van der Waals surface area (Å²) in [6.07, 6.45) is -1.25. The van der Waals surface area contributed by atoms with E-state index in [4.69, 9.17) is 4.74 Å². The van der Waals surface area contributed by atoms with E-state index in [1.54, 1.807) is 61.5 Å². The van der Waals surface area contributed by atoms with Crippen LogP contribution in [-0.2, 0) is 9.53 Å². The number of carbonyl (C=O) groups excluding carboxylic acids is 3. The molecule has 130 valence electrons. The number of amides is 3. The molecule has 2 aromatic carbocycles. The summed E-state index contributed by atoms with van der Waals surface area (Å²) >= 11 is 3.28. The number of hydrogen-bond donors (Lipinski definition) is 2. The zero-order valence-electron chi connectivity index (χ0n) is 13.5. The Morgan fingerprint density at radius 3 is 2.32 bits per heavy atom. The molecule has 0 aromatic heterocycles. The van der Waals surface area contributed by atoms with Crippen LogP contribution in [0.5, 0.6) is 0 Å². The normalized spacial score (nSPS) is 11.3. The van der Waals surface area contributed by atoms with Gasteiger partial charge < -0.3 is 10.1 Å². The molecule has 0 radical (unpaired) electrons. The molecule has 0 saturated carbocycles. The molecule has 0 aliphatic carbocycles. The zero-order valence-corrected chi connectivity index (χ0v) is 15.1. The van der Waals surface area contributed by atoms with Crippen LogP contribution in [0, 0.1) is 0 Å². The van der Waals surface area contributed by atoms with Crippen molar-refractivity contribution in [1.29, 1.82) is 0 Å². The van der Waals surface area contributed by atoms with Gasteiger partial charge >= 0.3 is 12.0 Å². The maximum absolute atomic E-state index is 12.4. The van der Waals surface area contributed by atoms with Crippen LogP contribution in [-0.4, -0.2) is 24.5 Å². The first-order valence-electron chi connectivity index (χ1n) is 7.62. The van der Waals surface area contributed by atoms with Gasteiger partial charge in [0.2, 0.25) is 6.10 Å². The Kier molecular flexibility index (Phi) is 6.71. The van der Waals surface area contributed by atoms with Crippen molar-refractivity contribution in [2.45, 2.75) is 13.0 Å². The van der Waals surface area contributed by atoms with Gasteiger partial charge in [0.25, 0.3) is 5.91 Å². The summed E-state index contributed by atoms with van der Waals surface area (Å²) < 4.78 is 5.94. The van der Waals surface area contributed by atoms with E-state index >= 15 is 0 Å². The standard InChI is InChI=1S/C18H17BrN2O4/c1-2-20-18(24)21-16(22)15(12-8-4-3-5-9-12)25-17(23)13-10-6-7-11-14(13)19/h3-11,15H,2H2,1H3,(H2,20,21,22,24)/t15-/m0/s1. The van der Waals surface area contributed by atoms with Gasteiger partial charge in [-0.3, -0.25) is 10.1 Å². The lowest BCUT2D eigenvalue weighted by atomic mass is 10.1. The first-order chi connectivity index (χ1) is 12.0. The number of hydrogen-bond acceptors (Lipinski definition) is 4. The fraction of sp³-hybridized carbons (Fsp3) is 0.167. The predicted molar refractivity (Wildman–Crippen MR) is 96.0 cm³/mol. The number of benzene rings is 2. The van der Waals surface area contributed by atoms with Gasteiger partial charge in [0.05, 0.1) is 5.56 Å². The van der Waals surface area contributed by atoms with E-state index in [-0.39, 0.29) is 5.56 Å². The fourth-order valence-corrected chi connectivity index (χ4v) is 2.53. The number of rotatable bonds is 5. The Balaban J connectivity index is 2.23. The smallest absolute Gasteiger partial charge is 0.340 e. The second-order valence-corrected chi connectivity index (χ2v) is 5.88. The average molecular weight is 405 g/mol. The van der Waals surface area contributed by atoms with Crippen molar-refractivity contribution >= 4 is 33.8 Å². The van der Waals surface area contributed by atoms with Gasteiger partial charge in [-0.1, -0.05) is 42.5 Å². The van der Waals surface area contributed by atoms with Gasteiger partial charge in [-0.25, -0.2) is 9.59 Å². The molecular formula is C18H17BrN2O4. The molecule has 3 amide bonds. The highest BCUT2D eigenvalue weighted by Crippen LogP contribution is 2.23. The van der Waals surface area contributed by atoms with Gasteiger partial charge in [-0.2, -0.15) is 0 Å². The van der Waals surface area contributed by atoms with Crippen LogP contribution in [0.4, 0.5) is 4.79 Å². The summed E-state index contributed by atoms with van der Waals surface area (Å²) in [5, 5.41) is 4.63. The van der Waals surface area contributed by atoms with Crippen molar-refractivity contribution in [1.82, 2.24) is 10.6 Å². The molecule has 0 unspecified atom stereocenters. The summed E-state index contributed by atoms with van der Waals surface area (Å²) in [5.41, 5.74) is 0.749. The molecule has 25 heavy (non-hydrogen) atoms. The lowest BCUT2D eigenvalue weighted by Gasteiger charge is -2.18.